The molecule has 0 bridgehead atoms. The molecule has 9 nitrogen and oxygen atoms in total. The molecule has 1 fully saturated rings. The van der Waals surface area contributed by atoms with E-state index in [4.69, 9.17) is 9.47 Å². The Labute approximate surface area is 201 Å². The maximum absolute atomic E-state index is 12.9. The normalized spacial score (nSPS) is 15.6. The highest BCUT2D eigenvalue weighted by Gasteiger charge is 2.29. The molecule has 0 N–H and O–H groups in total. The first-order chi connectivity index (χ1) is 16.1. The van der Waals surface area contributed by atoms with Gasteiger partial charge >= 0.3 is 5.97 Å². The lowest BCUT2D eigenvalue weighted by Crippen LogP contribution is -2.45. The van der Waals surface area contributed by atoms with Crippen molar-refractivity contribution in [2.24, 2.45) is 5.92 Å². The second kappa shape index (κ2) is 12.4. The van der Waals surface area contributed by atoms with Crippen LogP contribution in [0.5, 0.6) is 0 Å². The van der Waals surface area contributed by atoms with Gasteiger partial charge in [-0.05, 0) is 58.2 Å². The lowest BCUT2D eigenvalue weighted by Gasteiger charge is -2.32. The number of likely N-dealkylation sites (tertiary alicyclic amines) is 1. The average molecular weight is 473 g/mol. The van der Waals surface area contributed by atoms with Crippen LogP contribution in [0.2, 0.25) is 0 Å². The van der Waals surface area contributed by atoms with Gasteiger partial charge in [-0.1, -0.05) is 0 Å². The van der Waals surface area contributed by atoms with Crippen LogP contribution in [-0.4, -0.2) is 79.2 Å². The predicted octanol–water partition coefficient (Wildman–Crippen LogP) is 2.48. The fourth-order valence-electron chi connectivity index (χ4n) is 4.45. The van der Waals surface area contributed by atoms with Gasteiger partial charge in [-0.2, -0.15) is 5.26 Å². The van der Waals surface area contributed by atoms with Gasteiger partial charge in [0.15, 0.2) is 0 Å². The summed E-state index contributed by atoms with van der Waals surface area (Å²) in [5.74, 6) is -1.13. The predicted molar refractivity (Wildman–Crippen MR) is 128 cm³/mol. The second-order valence-electron chi connectivity index (χ2n) is 8.74. The van der Waals surface area contributed by atoms with Crippen LogP contribution in [0.25, 0.3) is 6.08 Å². The summed E-state index contributed by atoms with van der Waals surface area (Å²) < 4.78 is 12.4. The number of carbonyl (C=O) groups is 3. The SMILES string of the molecule is CCOC(=O)C1CCN(C(=O)CN(C)C(=O)/C(C#N)=C\c2cc(C)n(C(C)COC)c2C)CC1. The monoisotopic (exact) mass is 472 g/mol. The number of aromatic nitrogens is 1. The summed E-state index contributed by atoms with van der Waals surface area (Å²) in [5, 5.41) is 9.64. The molecule has 0 aliphatic carbocycles. The third kappa shape index (κ3) is 6.48. The molecule has 1 aliphatic heterocycles. The highest BCUT2D eigenvalue weighted by molar-refractivity contribution is 6.03. The van der Waals surface area contributed by atoms with Gasteiger partial charge in [0.2, 0.25) is 5.91 Å². The van der Waals surface area contributed by atoms with Crippen LogP contribution in [0, 0.1) is 31.1 Å². The zero-order valence-electron chi connectivity index (χ0n) is 21.1. The van der Waals surface area contributed by atoms with Gasteiger partial charge < -0.3 is 23.8 Å². The molecule has 186 valence electrons. The molecule has 1 saturated heterocycles. The second-order valence-corrected chi connectivity index (χ2v) is 8.74. The van der Waals surface area contributed by atoms with Crippen molar-refractivity contribution in [3.8, 4) is 6.07 Å². The van der Waals surface area contributed by atoms with Crippen LogP contribution < -0.4 is 0 Å². The Balaban J connectivity index is 2.05. The van der Waals surface area contributed by atoms with Crippen molar-refractivity contribution in [2.45, 2.75) is 46.6 Å². The third-order valence-corrected chi connectivity index (χ3v) is 6.21. The number of piperidine rings is 1. The van der Waals surface area contributed by atoms with Gasteiger partial charge in [-0.3, -0.25) is 14.4 Å². The van der Waals surface area contributed by atoms with Crippen LogP contribution in [0.15, 0.2) is 11.6 Å². The van der Waals surface area contributed by atoms with E-state index in [1.807, 2.05) is 32.9 Å². The number of nitriles is 1. The van der Waals surface area contributed by atoms with E-state index in [2.05, 4.69) is 4.57 Å². The summed E-state index contributed by atoms with van der Waals surface area (Å²) in [6.07, 6.45) is 2.66. The van der Waals surface area contributed by atoms with E-state index < -0.39 is 5.91 Å². The maximum Gasteiger partial charge on any atom is 0.309 e. The molecule has 1 aromatic rings. The lowest BCUT2D eigenvalue weighted by atomic mass is 9.97. The highest BCUT2D eigenvalue weighted by atomic mass is 16.5. The highest BCUT2D eigenvalue weighted by Crippen LogP contribution is 2.23. The van der Waals surface area contributed by atoms with E-state index in [9.17, 15) is 19.6 Å². The quantitative estimate of drug-likeness (QED) is 0.311. The molecule has 2 rings (SSSR count). The van der Waals surface area contributed by atoms with Gasteiger partial charge in [-0.15, -0.1) is 0 Å². The summed E-state index contributed by atoms with van der Waals surface area (Å²) in [5.41, 5.74) is 2.70. The van der Waals surface area contributed by atoms with Gasteiger partial charge in [0.1, 0.15) is 11.6 Å². The van der Waals surface area contributed by atoms with Crippen LogP contribution in [0.4, 0.5) is 0 Å². The molecule has 1 atom stereocenters. The van der Waals surface area contributed by atoms with Crippen molar-refractivity contribution < 1.29 is 23.9 Å². The molecular weight excluding hydrogens is 436 g/mol. The van der Waals surface area contributed by atoms with E-state index in [-0.39, 0.29) is 36.0 Å². The Morgan fingerprint density at radius 3 is 2.50 bits per heavy atom. The number of likely N-dealkylation sites (N-methyl/N-ethyl adjacent to an activating group) is 1. The standard InChI is InChI=1S/C25H36N4O5/c1-7-34-25(32)20-8-10-28(11-9-20)23(30)15-27(5)24(31)22(14-26)13-21-12-17(2)29(19(21)4)18(3)16-33-6/h12-13,18,20H,7-11,15-16H2,1-6H3/b22-13-. The molecule has 1 unspecified atom stereocenters. The summed E-state index contributed by atoms with van der Waals surface area (Å²) >= 11 is 0. The van der Waals surface area contributed by atoms with Crippen LogP contribution in [0.3, 0.4) is 0 Å². The van der Waals surface area contributed by atoms with Gasteiger partial charge in [0.25, 0.3) is 5.91 Å². The number of rotatable bonds is 9. The first-order valence-electron chi connectivity index (χ1n) is 11.6. The van der Waals surface area contributed by atoms with Gasteiger partial charge in [0, 0.05) is 38.6 Å². The molecule has 1 aromatic heterocycles. The Bertz CT molecular complexity index is 967. The Morgan fingerprint density at radius 1 is 1.29 bits per heavy atom. The summed E-state index contributed by atoms with van der Waals surface area (Å²) in [7, 11) is 3.17. The topological polar surface area (TPSA) is 105 Å². The van der Waals surface area contributed by atoms with E-state index in [0.29, 0.717) is 39.1 Å². The number of ether oxygens (including phenoxy) is 2. The molecule has 0 saturated carbocycles. The first kappa shape index (κ1) is 27.1. The van der Waals surface area contributed by atoms with Crippen LogP contribution in [0.1, 0.15) is 49.7 Å². The minimum Gasteiger partial charge on any atom is -0.466 e. The summed E-state index contributed by atoms with van der Waals surface area (Å²) in [4.78, 5) is 40.5. The average Bonchev–Trinajstić information content (AvgIpc) is 3.09. The van der Waals surface area contributed by atoms with Crippen molar-refractivity contribution in [3.63, 3.8) is 0 Å². The van der Waals surface area contributed by atoms with Crippen molar-refractivity contribution >= 4 is 23.9 Å². The molecule has 0 aromatic carbocycles. The molecule has 9 heteroatoms. The minimum atomic E-state index is -0.507. The molecule has 0 radical (unpaired) electrons. The Hall–Kier alpha value is -3.12. The molecule has 34 heavy (non-hydrogen) atoms. The largest absolute Gasteiger partial charge is 0.466 e. The first-order valence-corrected chi connectivity index (χ1v) is 11.6. The zero-order valence-corrected chi connectivity index (χ0v) is 21.1. The summed E-state index contributed by atoms with van der Waals surface area (Å²) in [6, 6.07) is 4.03. The number of esters is 1. The van der Waals surface area contributed by atoms with Crippen molar-refractivity contribution in [3.05, 3.63) is 28.6 Å². The number of aryl methyl sites for hydroxylation is 1. The zero-order chi connectivity index (χ0) is 25.4. The van der Waals surface area contributed by atoms with E-state index >= 15 is 0 Å². The number of methoxy groups -OCH3 is 1. The van der Waals surface area contributed by atoms with Gasteiger partial charge in [-0.25, -0.2) is 0 Å². The number of nitrogens with zero attached hydrogens (tertiary/aromatic N) is 4. The molecule has 2 heterocycles. The van der Waals surface area contributed by atoms with E-state index in [0.717, 1.165) is 17.0 Å². The maximum atomic E-state index is 12.9. The number of amides is 2. The van der Waals surface area contributed by atoms with Crippen molar-refractivity contribution in [2.75, 3.05) is 47.0 Å². The molecule has 2 amide bonds. The van der Waals surface area contributed by atoms with E-state index in [1.165, 1.54) is 11.9 Å². The van der Waals surface area contributed by atoms with Gasteiger partial charge in [0.05, 0.1) is 31.7 Å². The number of hydrogen-bond donors (Lipinski definition) is 0. The fraction of sp³-hybridized carbons (Fsp3) is 0.600. The lowest BCUT2D eigenvalue weighted by molar-refractivity contribution is -0.151. The van der Waals surface area contributed by atoms with E-state index in [1.54, 1.807) is 25.0 Å². The Kier molecular flexibility index (Phi) is 9.87. The van der Waals surface area contributed by atoms with Crippen LogP contribution in [-0.2, 0) is 23.9 Å². The van der Waals surface area contributed by atoms with Crippen LogP contribution >= 0.6 is 0 Å². The molecular formula is C25H36N4O5. The number of hydrogen-bond acceptors (Lipinski definition) is 6. The third-order valence-electron chi connectivity index (χ3n) is 6.21. The van der Waals surface area contributed by atoms with Crippen molar-refractivity contribution in [1.82, 2.24) is 14.4 Å². The summed E-state index contributed by atoms with van der Waals surface area (Å²) in [6.45, 7) is 9.37. The van der Waals surface area contributed by atoms with Crippen molar-refractivity contribution in [1.29, 1.82) is 5.26 Å². The molecule has 0 spiro atoms. The minimum absolute atomic E-state index is 0.0315. The Morgan fingerprint density at radius 2 is 1.94 bits per heavy atom. The smallest absolute Gasteiger partial charge is 0.309 e. The fourth-order valence-corrected chi connectivity index (χ4v) is 4.45. The molecule has 1 aliphatic rings. The number of carbonyl (C=O) groups excluding carboxylic acids is 3.